The third kappa shape index (κ3) is 3.39. The van der Waals surface area contributed by atoms with Crippen molar-refractivity contribution in [3.8, 4) is 0 Å². The maximum absolute atomic E-state index is 12.2. The maximum atomic E-state index is 12.2. The molecule has 0 bridgehead atoms. The van der Waals surface area contributed by atoms with Crippen LogP contribution in [-0.2, 0) is 14.3 Å². The van der Waals surface area contributed by atoms with Gasteiger partial charge >= 0.3 is 5.97 Å². The fourth-order valence-corrected chi connectivity index (χ4v) is 2.47. The fourth-order valence-electron chi connectivity index (χ4n) is 2.47. The van der Waals surface area contributed by atoms with Crippen molar-refractivity contribution in [3.05, 3.63) is 11.1 Å². The second kappa shape index (κ2) is 7.43. The first-order chi connectivity index (χ1) is 9.51. The van der Waals surface area contributed by atoms with E-state index in [1.165, 1.54) is 0 Å². The minimum absolute atomic E-state index is 0.0517. The molecule has 0 saturated carbocycles. The van der Waals surface area contributed by atoms with Gasteiger partial charge in [0.05, 0.1) is 5.57 Å². The lowest BCUT2D eigenvalue weighted by Gasteiger charge is -2.33. The molecule has 0 aromatic rings. The molecule has 0 aliphatic carbocycles. The number of unbranched alkanes of at least 4 members (excludes halogenated alkanes) is 2. The lowest BCUT2D eigenvalue weighted by Crippen LogP contribution is -2.48. The summed E-state index contributed by atoms with van der Waals surface area (Å²) in [5.74, 6) is -0.892. The number of rotatable bonds is 7. The highest BCUT2D eigenvalue weighted by molar-refractivity contribution is 5.99. The molecule has 5 nitrogen and oxygen atoms in total. The highest BCUT2D eigenvalue weighted by atomic mass is 16.6. The van der Waals surface area contributed by atoms with Crippen LogP contribution in [0.1, 0.15) is 52.9 Å². The summed E-state index contributed by atoms with van der Waals surface area (Å²) >= 11 is 0. The first-order valence-corrected chi connectivity index (χ1v) is 7.41. The number of hydrogen-bond acceptors (Lipinski definition) is 4. The first kappa shape index (κ1) is 16.7. The van der Waals surface area contributed by atoms with Gasteiger partial charge in [-0.25, -0.2) is 4.79 Å². The third-order valence-corrected chi connectivity index (χ3v) is 3.75. The Hall–Kier alpha value is -1.36. The zero-order valence-corrected chi connectivity index (χ0v) is 12.6. The Balaban J connectivity index is 2.87. The van der Waals surface area contributed by atoms with Crippen LogP contribution < -0.4 is 5.32 Å². The molecule has 1 atom stereocenters. The number of nitrogens with one attached hydrogen (secondary N) is 1. The molecule has 0 aromatic heterocycles. The summed E-state index contributed by atoms with van der Waals surface area (Å²) in [5, 5.41) is 13.3. The highest BCUT2D eigenvalue weighted by Crippen LogP contribution is 2.32. The second-order valence-electron chi connectivity index (χ2n) is 5.06. The van der Waals surface area contributed by atoms with Gasteiger partial charge in [0.15, 0.2) is 5.60 Å². The Kier molecular flexibility index (Phi) is 6.20. The molecule has 1 aliphatic rings. The van der Waals surface area contributed by atoms with Crippen molar-refractivity contribution in [2.24, 2.45) is 0 Å². The van der Waals surface area contributed by atoms with Crippen LogP contribution in [0.3, 0.4) is 0 Å². The minimum atomic E-state index is -1.65. The normalized spacial score (nSPS) is 22.7. The van der Waals surface area contributed by atoms with Gasteiger partial charge in [0, 0.05) is 6.54 Å². The number of hydrogen-bond donors (Lipinski definition) is 2. The molecular formula is C15H25NO4. The van der Waals surface area contributed by atoms with Crippen molar-refractivity contribution in [2.45, 2.75) is 58.5 Å². The summed E-state index contributed by atoms with van der Waals surface area (Å²) in [6.45, 7) is 6.19. The van der Waals surface area contributed by atoms with Crippen LogP contribution in [-0.4, -0.2) is 35.7 Å². The first-order valence-electron chi connectivity index (χ1n) is 7.41. The Morgan fingerprint density at radius 2 is 2.05 bits per heavy atom. The van der Waals surface area contributed by atoms with Gasteiger partial charge in [0.25, 0.3) is 5.91 Å². The van der Waals surface area contributed by atoms with E-state index in [1.54, 1.807) is 6.92 Å². The molecular weight excluding hydrogens is 258 g/mol. The molecule has 0 radical (unpaired) electrons. The maximum Gasteiger partial charge on any atom is 0.342 e. The Morgan fingerprint density at radius 1 is 1.35 bits per heavy atom. The smallest absolute Gasteiger partial charge is 0.342 e. The predicted octanol–water partition coefficient (Wildman–Crippen LogP) is 1.70. The molecule has 1 rings (SSSR count). The molecule has 0 fully saturated rings. The molecule has 5 heteroatoms. The van der Waals surface area contributed by atoms with E-state index in [0.29, 0.717) is 24.1 Å². The van der Waals surface area contributed by atoms with Gasteiger partial charge in [-0.05, 0) is 24.8 Å². The van der Waals surface area contributed by atoms with E-state index >= 15 is 0 Å². The summed E-state index contributed by atoms with van der Waals surface area (Å²) in [4.78, 5) is 23.9. The summed E-state index contributed by atoms with van der Waals surface area (Å²) < 4.78 is 4.97. The quantitative estimate of drug-likeness (QED) is 0.551. The molecule has 0 unspecified atom stereocenters. The molecule has 0 saturated heterocycles. The van der Waals surface area contributed by atoms with Gasteiger partial charge in [-0.2, -0.15) is 0 Å². The van der Waals surface area contributed by atoms with E-state index in [0.717, 1.165) is 19.3 Å². The number of amides is 1. The molecule has 1 heterocycles. The second-order valence-corrected chi connectivity index (χ2v) is 5.06. The molecule has 0 aromatic carbocycles. The number of cyclic esters (lactones) is 1. The summed E-state index contributed by atoms with van der Waals surface area (Å²) in [5.41, 5.74) is -0.763. The van der Waals surface area contributed by atoms with E-state index in [9.17, 15) is 14.7 Å². The molecule has 1 aliphatic heterocycles. The summed E-state index contributed by atoms with van der Waals surface area (Å²) in [7, 11) is 0. The number of aliphatic hydroxyl groups is 1. The van der Waals surface area contributed by atoms with Gasteiger partial charge in [0.1, 0.15) is 6.61 Å². The van der Waals surface area contributed by atoms with Crippen LogP contribution in [0.15, 0.2) is 11.1 Å². The van der Waals surface area contributed by atoms with Crippen LogP contribution in [0, 0.1) is 0 Å². The minimum Gasteiger partial charge on any atom is -0.458 e. The lowest BCUT2D eigenvalue weighted by atomic mass is 9.83. The van der Waals surface area contributed by atoms with Crippen molar-refractivity contribution in [3.63, 3.8) is 0 Å². The highest BCUT2D eigenvalue weighted by Gasteiger charge is 2.45. The van der Waals surface area contributed by atoms with E-state index in [4.69, 9.17) is 4.74 Å². The third-order valence-electron chi connectivity index (χ3n) is 3.75. The SMILES string of the molecule is CCCCCNC(=O)C1=C(CC)[C@@](O)(CC)C(=O)OC1. The van der Waals surface area contributed by atoms with Crippen molar-refractivity contribution < 1.29 is 19.4 Å². The van der Waals surface area contributed by atoms with Gasteiger partial charge in [-0.1, -0.05) is 33.6 Å². The Bertz CT molecular complexity index is 403. The average molecular weight is 283 g/mol. The zero-order valence-electron chi connectivity index (χ0n) is 12.6. The van der Waals surface area contributed by atoms with E-state index in [2.05, 4.69) is 12.2 Å². The lowest BCUT2D eigenvalue weighted by molar-refractivity contribution is -0.163. The zero-order chi connectivity index (χ0) is 15.2. The van der Waals surface area contributed by atoms with Crippen LogP contribution in [0.5, 0.6) is 0 Å². The van der Waals surface area contributed by atoms with Crippen molar-refractivity contribution in [1.82, 2.24) is 5.32 Å². The van der Waals surface area contributed by atoms with Gasteiger partial charge in [-0.15, -0.1) is 0 Å². The van der Waals surface area contributed by atoms with E-state index < -0.39 is 11.6 Å². The largest absolute Gasteiger partial charge is 0.458 e. The van der Waals surface area contributed by atoms with Crippen molar-refractivity contribution in [2.75, 3.05) is 13.2 Å². The van der Waals surface area contributed by atoms with Crippen LogP contribution in [0.25, 0.3) is 0 Å². The predicted molar refractivity (Wildman–Crippen MR) is 76.1 cm³/mol. The van der Waals surface area contributed by atoms with Gasteiger partial charge < -0.3 is 15.2 Å². The van der Waals surface area contributed by atoms with Gasteiger partial charge in [0.2, 0.25) is 0 Å². The Morgan fingerprint density at radius 3 is 2.60 bits per heavy atom. The number of carbonyl (C=O) groups is 2. The molecule has 0 spiro atoms. The number of esters is 1. The number of carbonyl (C=O) groups excluding carboxylic acids is 2. The average Bonchev–Trinajstić information content (AvgIpc) is 2.45. The van der Waals surface area contributed by atoms with Gasteiger partial charge in [-0.3, -0.25) is 4.79 Å². The summed E-state index contributed by atoms with van der Waals surface area (Å²) in [6, 6.07) is 0. The fraction of sp³-hybridized carbons (Fsp3) is 0.733. The molecule has 1 amide bonds. The number of ether oxygens (including phenoxy) is 1. The van der Waals surface area contributed by atoms with Crippen molar-refractivity contribution in [1.29, 1.82) is 0 Å². The monoisotopic (exact) mass is 283 g/mol. The molecule has 114 valence electrons. The molecule has 20 heavy (non-hydrogen) atoms. The Labute approximate surface area is 120 Å². The van der Waals surface area contributed by atoms with E-state index in [1.807, 2.05) is 6.92 Å². The topological polar surface area (TPSA) is 75.6 Å². The van der Waals surface area contributed by atoms with Crippen LogP contribution in [0.2, 0.25) is 0 Å². The van der Waals surface area contributed by atoms with Crippen LogP contribution in [0.4, 0.5) is 0 Å². The van der Waals surface area contributed by atoms with Crippen LogP contribution >= 0.6 is 0 Å². The molecule has 2 N–H and O–H groups in total. The van der Waals surface area contributed by atoms with E-state index in [-0.39, 0.29) is 18.9 Å². The summed E-state index contributed by atoms with van der Waals surface area (Å²) in [6.07, 6.45) is 3.74. The van der Waals surface area contributed by atoms with Crippen molar-refractivity contribution >= 4 is 11.9 Å². The standard InChI is InChI=1S/C15H25NO4/c1-4-7-8-9-16-13(17)11-10-20-14(18)15(19,6-3)12(11)5-2/h19H,4-10H2,1-3H3,(H,16,17)/t15-/m0/s1.